The van der Waals surface area contributed by atoms with Crippen molar-refractivity contribution in [2.45, 2.75) is 51.0 Å². The number of allylic oxidation sites excluding steroid dienone is 1. The molecule has 2 aliphatic carbocycles. The van der Waals surface area contributed by atoms with Crippen LogP contribution >= 0.6 is 0 Å². The number of aliphatic imine (C=N–C) groups is 1. The van der Waals surface area contributed by atoms with Gasteiger partial charge in [-0.1, -0.05) is 19.3 Å². The third-order valence-corrected chi connectivity index (χ3v) is 7.54. The smallest absolute Gasteiger partial charge is 0.332 e. The number of hydrogen-bond donors (Lipinski definition) is 1. The Kier molecular flexibility index (Phi) is 6.22. The van der Waals surface area contributed by atoms with Crippen LogP contribution in [0, 0.1) is 11.8 Å². The average molecular weight is 470 g/mol. The number of nitrogens with one attached hydrogen (secondary N) is 1. The molecule has 5 rings (SSSR count). The molecule has 182 valence electrons. The van der Waals surface area contributed by atoms with Gasteiger partial charge in [0.25, 0.3) is 5.91 Å². The van der Waals surface area contributed by atoms with Crippen LogP contribution in [0.25, 0.3) is 0 Å². The molecule has 2 saturated heterocycles. The van der Waals surface area contributed by atoms with Gasteiger partial charge in [-0.3, -0.25) is 24.2 Å². The molecule has 2 saturated carbocycles. The van der Waals surface area contributed by atoms with Gasteiger partial charge in [-0.05, 0) is 25.7 Å². The molecule has 3 heterocycles. The third kappa shape index (κ3) is 4.37. The summed E-state index contributed by atoms with van der Waals surface area (Å²) in [5, 5.41) is 3.00. The Hall–Kier alpha value is -3.04. The molecule has 0 aromatic heterocycles. The summed E-state index contributed by atoms with van der Waals surface area (Å²) >= 11 is 0. The van der Waals surface area contributed by atoms with Crippen LogP contribution in [-0.4, -0.2) is 100 Å². The van der Waals surface area contributed by atoms with Crippen molar-refractivity contribution in [3.05, 3.63) is 12.3 Å². The van der Waals surface area contributed by atoms with Gasteiger partial charge in [0.2, 0.25) is 11.8 Å². The van der Waals surface area contributed by atoms with Crippen LogP contribution in [0.2, 0.25) is 0 Å². The number of amides is 5. The van der Waals surface area contributed by atoms with Crippen LogP contribution in [0.3, 0.4) is 0 Å². The number of carbonyl (C=O) groups excluding carboxylic acids is 4. The summed E-state index contributed by atoms with van der Waals surface area (Å²) in [6, 6.07) is -0.422. The van der Waals surface area contributed by atoms with Crippen LogP contribution in [0.5, 0.6) is 0 Å². The average Bonchev–Trinajstić information content (AvgIpc) is 3.71. The van der Waals surface area contributed by atoms with Crippen LogP contribution in [0.4, 0.5) is 4.79 Å². The first-order chi connectivity index (χ1) is 16.4. The minimum Gasteiger partial charge on any atom is -0.352 e. The Balaban J connectivity index is 1.31. The van der Waals surface area contributed by atoms with Crippen molar-refractivity contribution in [3.8, 4) is 0 Å². The molecular formula is C24H33N6O4+. The maximum absolute atomic E-state index is 13.5. The lowest BCUT2D eigenvalue weighted by molar-refractivity contribution is -0.539. The lowest BCUT2D eigenvalue weighted by Crippen LogP contribution is -2.63. The summed E-state index contributed by atoms with van der Waals surface area (Å²) in [6.45, 7) is 2.18. The summed E-state index contributed by atoms with van der Waals surface area (Å²) in [4.78, 5) is 60.3. The van der Waals surface area contributed by atoms with Gasteiger partial charge < -0.3 is 10.2 Å². The summed E-state index contributed by atoms with van der Waals surface area (Å²) < 4.78 is 2.11. The molecule has 3 aliphatic heterocycles. The van der Waals surface area contributed by atoms with Crippen LogP contribution in [-0.2, 0) is 14.4 Å². The van der Waals surface area contributed by atoms with E-state index in [-0.39, 0.29) is 30.3 Å². The second kappa shape index (κ2) is 9.31. The number of rotatable bonds is 4. The fourth-order valence-electron chi connectivity index (χ4n) is 5.41. The standard InChI is InChI=1S/C24H32N6O4/c1-27-21-20(23(33)30(24(27)34)15-19(31)26-17-5-3-2-4-6-17)18(9-10-25-21)28-11-13-29(14-12-28)22(32)16-7-8-16/h9-10,16-17,20H,2-8,11-15H2,1H3/p+1. The van der Waals surface area contributed by atoms with E-state index in [0.717, 1.165) is 49.1 Å². The summed E-state index contributed by atoms with van der Waals surface area (Å²) in [5.74, 6) is -0.645. The second-order valence-electron chi connectivity index (χ2n) is 9.92. The van der Waals surface area contributed by atoms with Crippen molar-refractivity contribution in [2.75, 3.05) is 39.8 Å². The van der Waals surface area contributed by atoms with Crippen molar-refractivity contribution in [1.29, 1.82) is 0 Å². The van der Waals surface area contributed by atoms with Crippen molar-refractivity contribution in [2.24, 2.45) is 16.8 Å². The zero-order valence-corrected chi connectivity index (χ0v) is 19.7. The molecule has 1 N–H and O–H groups in total. The molecule has 1 unspecified atom stereocenters. The van der Waals surface area contributed by atoms with E-state index < -0.39 is 17.9 Å². The SMILES string of the molecule is CN1C(=O)N(CC(=O)NC2CCCCC2)C(=O)C2C1=NC=CC2=[N+]1CCN(C(=O)C2CC2)CC1. The van der Waals surface area contributed by atoms with E-state index in [2.05, 4.69) is 14.9 Å². The monoisotopic (exact) mass is 469 g/mol. The summed E-state index contributed by atoms with van der Waals surface area (Å²) in [6.07, 6.45) is 10.6. The van der Waals surface area contributed by atoms with E-state index in [1.54, 1.807) is 13.2 Å². The quantitative estimate of drug-likeness (QED) is 0.608. The number of amidine groups is 1. The number of nitrogens with zero attached hydrogens (tertiary/aromatic N) is 5. The van der Waals surface area contributed by atoms with E-state index in [4.69, 9.17) is 0 Å². The highest BCUT2D eigenvalue weighted by Crippen LogP contribution is 2.31. The fraction of sp³-hybridized carbons (Fsp3) is 0.667. The van der Waals surface area contributed by atoms with E-state index in [1.807, 2.05) is 11.0 Å². The van der Waals surface area contributed by atoms with Crippen LogP contribution in [0.15, 0.2) is 17.3 Å². The molecule has 0 aromatic carbocycles. The van der Waals surface area contributed by atoms with Crippen molar-refractivity contribution < 1.29 is 23.8 Å². The van der Waals surface area contributed by atoms with Crippen molar-refractivity contribution in [3.63, 3.8) is 0 Å². The van der Waals surface area contributed by atoms with Gasteiger partial charge in [0.1, 0.15) is 12.4 Å². The van der Waals surface area contributed by atoms with Gasteiger partial charge in [0.05, 0.1) is 13.1 Å². The maximum Gasteiger partial charge on any atom is 0.332 e. The fourth-order valence-corrected chi connectivity index (χ4v) is 5.41. The van der Waals surface area contributed by atoms with Gasteiger partial charge in [0, 0.05) is 31.3 Å². The van der Waals surface area contributed by atoms with Crippen LogP contribution in [0.1, 0.15) is 44.9 Å². The first-order valence-corrected chi connectivity index (χ1v) is 12.5. The largest absolute Gasteiger partial charge is 0.352 e. The first-order valence-electron chi connectivity index (χ1n) is 12.5. The third-order valence-electron chi connectivity index (χ3n) is 7.54. The molecule has 10 nitrogen and oxygen atoms in total. The minimum atomic E-state index is -0.735. The Morgan fingerprint density at radius 2 is 1.79 bits per heavy atom. The minimum absolute atomic E-state index is 0.112. The van der Waals surface area contributed by atoms with Crippen molar-refractivity contribution in [1.82, 2.24) is 20.0 Å². The van der Waals surface area contributed by atoms with Gasteiger partial charge >= 0.3 is 6.03 Å². The maximum atomic E-state index is 13.5. The molecule has 5 aliphatic rings. The molecule has 0 aromatic rings. The summed E-state index contributed by atoms with van der Waals surface area (Å²) in [7, 11) is 1.59. The summed E-state index contributed by atoms with van der Waals surface area (Å²) in [5.41, 5.74) is 0.769. The van der Waals surface area contributed by atoms with Crippen molar-refractivity contribution >= 4 is 35.3 Å². The Labute approximate surface area is 199 Å². The highest BCUT2D eigenvalue weighted by Gasteiger charge is 2.49. The molecule has 5 amide bonds. The lowest BCUT2D eigenvalue weighted by Gasteiger charge is -2.38. The van der Waals surface area contributed by atoms with E-state index in [9.17, 15) is 19.2 Å². The molecule has 34 heavy (non-hydrogen) atoms. The predicted octanol–water partition coefficient (Wildman–Crippen LogP) is 0.577. The predicted molar refractivity (Wildman–Crippen MR) is 124 cm³/mol. The Morgan fingerprint density at radius 1 is 1.09 bits per heavy atom. The number of fused-ring (bicyclic) bond motifs is 1. The Morgan fingerprint density at radius 3 is 2.47 bits per heavy atom. The molecule has 0 spiro atoms. The second-order valence-corrected chi connectivity index (χ2v) is 9.92. The Bertz CT molecular complexity index is 981. The zero-order valence-electron chi connectivity index (χ0n) is 19.7. The molecule has 0 radical (unpaired) electrons. The van der Waals surface area contributed by atoms with E-state index in [1.165, 1.54) is 11.3 Å². The first kappa shape index (κ1) is 22.7. The zero-order chi connectivity index (χ0) is 23.8. The van der Waals surface area contributed by atoms with Gasteiger partial charge in [-0.2, -0.15) is 0 Å². The van der Waals surface area contributed by atoms with E-state index >= 15 is 0 Å². The van der Waals surface area contributed by atoms with Gasteiger partial charge in [-0.25, -0.2) is 14.4 Å². The topological polar surface area (TPSA) is 105 Å². The highest BCUT2D eigenvalue weighted by atomic mass is 16.2. The van der Waals surface area contributed by atoms with E-state index in [0.29, 0.717) is 32.0 Å². The number of urea groups is 1. The molecule has 4 fully saturated rings. The number of imide groups is 1. The molecule has 1 atom stereocenters. The normalized spacial score (nSPS) is 26.0. The molecule has 0 bridgehead atoms. The van der Waals surface area contributed by atoms with Gasteiger partial charge in [0.15, 0.2) is 24.7 Å². The van der Waals surface area contributed by atoms with Crippen LogP contribution < -0.4 is 5.32 Å². The molecular weight excluding hydrogens is 436 g/mol. The highest BCUT2D eigenvalue weighted by molar-refractivity contribution is 6.31. The number of carbonyl (C=O) groups is 4. The lowest BCUT2D eigenvalue weighted by atomic mass is 9.94. The number of hydrogen-bond acceptors (Lipinski definition) is 5. The molecule has 10 heteroatoms. The van der Waals surface area contributed by atoms with Gasteiger partial charge in [-0.15, -0.1) is 0 Å². The number of piperazine rings is 1.